The molecule has 3 aromatic carbocycles. The van der Waals surface area contributed by atoms with Crippen LogP contribution < -0.4 is 9.47 Å². The minimum atomic E-state index is 0.355. The molecular weight excluding hydrogens is 350 g/mol. The smallest absolute Gasteiger partial charge is 0.128 e. The molecule has 0 radical (unpaired) electrons. The second-order valence-corrected chi connectivity index (χ2v) is 5.95. The topological polar surface area (TPSA) is 51.1 Å². The predicted molar refractivity (Wildman–Crippen MR) is 104 cm³/mol. The van der Waals surface area contributed by atoms with Gasteiger partial charge in [0.15, 0.2) is 0 Å². The van der Waals surface area contributed by atoms with E-state index in [1.807, 2.05) is 42.5 Å². The van der Waals surface area contributed by atoms with Crippen LogP contribution in [0.25, 0.3) is 11.1 Å². The molecule has 0 atom stereocenters. The van der Waals surface area contributed by atoms with Crippen molar-refractivity contribution in [2.24, 2.45) is 5.16 Å². The first-order valence-electron chi connectivity index (χ1n) is 8.14. The predicted octanol–water partition coefficient (Wildman–Crippen LogP) is 5.27. The number of hydrogen-bond donors (Lipinski definition) is 1. The number of halogens is 1. The van der Waals surface area contributed by atoms with Crippen molar-refractivity contribution >= 4 is 17.8 Å². The highest BCUT2D eigenvalue weighted by Gasteiger charge is 2.04. The lowest BCUT2D eigenvalue weighted by molar-refractivity contribution is 0.217. The first kappa shape index (κ1) is 17.8. The maximum atomic E-state index is 8.71. The van der Waals surface area contributed by atoms with E-state index >= 15 is 0 Å². The summed E-state index contributed by atoms with van der Waals surface area (Å²) in [5.41, 5.74) is 2.92. The molecule has 0 aliphatic rings. The molecule has 5 heteroatoms. The van der Waals surface area contributed by atoms with Gasteiger partial charge in [0.2, 0.25) is 0 Å². The molecule has 0 heterocycles. The zero-order chi connectivity index (χ0) is 18.2. The Morgan fingerprint density at radius 1 is 0.846 bits per heavy atom. The average Bonchev–Trinajstić information content (AvgIpc) is 2.68. The lowest BCUT2D eigenvalue weighted by Crippen LogP contribution is -2.10. The third-order valence-electron chi connectivity index (χ3n) is 3.74. The fourth-order valence-electron chi connectivity index (χ4n) is 2.50. The van der Waals surface area contributed by atoms with Crippen molar-refractivity contribution < 1.29 is 14.7 Å². The largest absolute Gasteiger partial charge is 0.490 e. The summed E-state index contributed by atoms with van der Waals surface area (Å²) in [6, 6.07) is 23.2. The van der Waals surface area contributed by atoms with Crippen LogP contribution in [0.3, 0.4) is 0 Å². The van der Waals surface area contributed by atoms with Crippen molar-refractivity contribution in [1.82, 2.24) is 0 Å². The molecule has 4 nitrogen and oxygen atoms in total. The zero-order valence-corrected chi connectivity index (χ0v) is 14.8. The molecule has 0 unspecified atom stereocenters. The number of nitrogens with zero attached hydrogens (tertiary/aromatic N) is 1. The third-order valence-corrected chi connectivity index (χ3v) is 3.97. The second-order valence-electron chi connectivity index (χ2n) is 5.51. The van der Waals surface area contributed by atoms with Gasteiger partial charge in [0, 0.05) is 10.6 Å². The van der Waals surface area contributed by atoms with Gasteiger partial charge in [0.25, 0.3) is 0 Å². The molecule has 26 heavy (non-hydrogen) atoms. The minimum absolute atomic E-state index is 0.355. The van der Waals surface area contributed by atoms with E-state index in [1.165, 1.54) is 11.8 Å². The molecule has 0 spiro atoms. The molecule has 0 aliphatic heterocycles. The van der Waals surface area contributed by atoms with Gasteiger partial charge in [0.05, 0.1) is 6.21 Å². The van der Waals surface area contributed by atoms with Gasteiger partial charge in [-0.05, 0) is 41.5 Å². The van der Waals surface area contributed by atoms with Gasteiger partial charge in [-0.3, -0.25) is 0 Å². The van der Waals surface area contributed by atoms with Crippen molar-refractivity contribution in [2.45, 2.75) is 0 Å². The number of oxime groups is 1. The highest BCUT2D eigenvalue weighted by Crippen LogP contribution is 2.23. The normalized spacial score (nSPS) is 10.8. The maximum absolute atomic E-state index is 8.71. The van der Waals surface area contributed by atoms with Crippen molar-refractivity contribution in [3.8, 4) is 22.6 Å². The van der Waals surface area contributed by atoms with E-state index in [0.29, 0.717) is 29.5 Å². The summed E-state index contributed by atoms with van der Waals surface area (Å²) in [5.74, 6) is 1.36. The van der Waals surface area contributed by atoms with Crippen LogP contribution in [0.1, 0.15) is 5.56 Å². The van der Waals surface area contributed by atoms with Crippen molar-refractivity contribution in [2.75, 3.05) is 13.2 Å². The summed E-state index contributed by atoms with van der Waals surface area (Å²) in [6.45, 7) is 0.747. The Bertz CT molecular complexity index is 864. The zero-order valence-electron chi connectivity index (χ0n) is 14.0. The quantitative estimate of drug-likeness (QED) is 0.268. The van der Waals surface area contributed by atoms with Crippen LogP contribution in [0.15, 0.2) is 78.0 Å². The van der Waals surface area contributed by atoms with E-state index in [1.54, 1.807) is 18.2 Å². The molecule has 0 saturated carbocycles. The monoisotopic (exact) mass is 367 g/mol. The highest BCUT2D eigenvalue weighted by atomic mass is 35.5. The first-order chi connectivity index (χ1) is 12.8. The molecule has 0 amide bonds. The van der Waals surface area contributed by atoms with Crippen molar-refractivity contribution in [1.29, 1.82) is 0 Å². The van der Waals surface area contributed by atoms with Crippen LogP contribution >= 0.6 is 11.6 Å². The van der Waals surface area contributed by atoms with E-state index in [-0.39, 0.29) is 0 Å². The summed E-state index contributed by atoms with van der Waals surface area (Å²) in [4.78, 5) is 0. The van der Waals surface area contributed by atoms with Gasteiger partial charge in [0.1, 0.15) is 24.7 Å². The van der Waals surface area contributed by atoms with Crippen LogP contribution in [0.2, 0.25) is 5.02 Å². The Hall–Kier alpha value is -2.98. The Balaban J connectivity index is 1.53. The van der Waals surface area contributed by atoms with E-state index in [2.05, 4.69) is 17.3 Å². The lowest BCUT2D eigenvalue weighted by Gasteiger charge is -2.11. The van der Waals surface area contributed by atoms with Gasteiger partial charge in [-0.15, -0.1) is 0 Å². The Labute approximate surface area is 157 Å². The van der Waals surface area contributed by atoms with Crippen molar-refractivity contribution in [3.05, 3.63) is 83.4 Å². The summed E-state index contributed by atoms with van der Waals surface area (Å²) in [6.07, 6.45) is 1.28. The van der Waals surface area contributed by atoms with Gasteiger partial charge in [-0.25, -0.2) is 0 Å². The Morgan fingerprint density at radius 3 is 2.27 bits per heavy atom. The first-order valence-corrected chi connectivity index (χ1v) is 8.52. The number of hydrogen-bond acceptors (Lipinski definition) is 4. The Morgan fingerprint density at radius 2 is 1.54 bits per heavy atom. The van der Waals surface area contributed by atoms with Gasteiger partial charge in [-0.2, -0.15) is 0 Å². The van der Waals surface area contributed by atoms with Crippen LogP contribution in [-0.4, -0.2) is 24.6 Å². The molecular formula is C21H18ClNO3. The standard InChI is InChI=1S/C21H18ClNO3/c22-19-8-11-21(18(14-19)15-23-24)26-13-12-25-20-9-6-17(7-10-20)16-4-2-1-3-5-16/h1-11,14-15,24H,12-13H2. The molecule has 0 aliphatic carbocycles. The summed E-state index contributed by atoms with van der Waals surface area (Å²) in [5, 5.41) is 12.3. The van der Waals surface area contributed by atoms with E-state index in [9.17, 15) is 0 Å². The number of benzene rings is 3. The molecule has 132 valence electrons. The SMILES string of the molecule is ON=Cc1cc(Cl)ccc1OCCOc1ccc(-c2ccccc2)cc1. The molecule has 3 aromatic rings. The fourth-order valence-corrected chi connectivity index (χ4v) is 2.68. The molecule has 0 fully saturated rings. The van der Waals surface area contributed by atoms with Crippen LogP contribution in [-0.2, 0) is 0 Å². The highest BCUT2D eigenvalue weighted by molar-refractivity contribution is 6.30. The van der Waals surface area contributed by atoms with E-state index in [4.69, 9.17) is 26.3 Å². The van der Waals surface area contributed by atoms with Gasteiger partial charge in [-0.1, -0.05) is 59.2 Å². The summed E-state index contributed by atoms with van der Waals surface area (Å²) >= 11 is 5.93. The molecule has 0 bridgehead atoms. The third kappa shape index (κ3) is 4.77. The summed E-state index contributed by atoms with van der Waals surface area (Å²) in [7, 11) is 0. The molecule has 0 aromatic heterocycles. The minimum Gasteiger partial charge on any atom is -0.490 e. The average molecular weight is 368 g/mol. The van der Waals surface area contributed by atoms with Crippen LogP contribution in [0.5, 0.6) is 11.5 Å². The number of ether oxygens (including phenoxy) is 2. The summed E-state index contributed by atoms with van der Waals surface area (Å²) < 4.78 is 11.4. The molecule has 0 saturated heterocycles. The van der Waals surface area contributed by atoms with E-state index in [0.717, 1.165) is 11.3 Å². The van der Waals surface area contributed by atoms with E-state index < -0.39 is 0 Å². The molecule has 3 rings (SSSR count). The maximum Gasteiger partial charge on any atom is 0.128 e. The number of rotatable bonds is 7. The van der Waals surface area contributed by atoms with Crippen LogP contribution in [0.4, 0.5) is 0 Å². The van der Waals surface area contributed by atoms with Crippen LogP contribution in [0, 0.1) is 0 Å². The van der Waals surface area contributed by atoms with Gasteiger partial charge < -0.3 is 14.7 Å². The Kier molecular flexibility index (Phi) is 6.12. The lowest BCUT2D eigenvalue weighted by atomic mass is 10.1. The van der Waals surface area contributed by atoms with Crippen molar-refractivity contribution in [3.63, 3.8) is 0 Å². The van der Waals surface area contributed by atoms with Gasteiger partial charge >= 0.3 is 0 Å². The fraction of sp³-hybridized carbons (Fsp3) is 0.0952. The molecule has 1 N–H and O–H groups in total. The second kappa shape index (κ2) is 8.92.